The van der Waals surface area contributed by atoms with E-state index in [4.69, 9.17) is 9.15 Å². The monoisotopic (exact) mass is 402 g/mol. The summed E-state index contributed by atoms with van der Waals surface area (Å²) >= 11 is 3.36. The van der Waals surface area contributed by atoms with E-state index in [1.165, 1.54) is 6.92 Å². The van der Waals surface area contributed by atoms with E-state index in [9.17, 15) is 9.59 Å². The van der Waals surface area contributed by atoms with Gasteiger partial charge in [0.25, 0.3) is 0 Å². The van der Waals surface area contributed by atoms with E-state index >= 15 is 0 Å². The standard InChI is InChI=1S/C18H15BrN2O4/c1-10-7-13(19)17(20-9-10)21(11(2)22)18(23)16-8-12-14(24-3)5-4-6-15(12)25-16/h4-9H,1-3H3. The molecule has 2 heterocycles. The van der Waals surface area contributed by atoms with Gasteiger partial charge in [-0.3, -0.25) is 9.59 Å². The molecule has 3 rings (SSSR count). The lowest BCUT2D eigenvalue weighted by atomic mass is 10.2. The van der Waals surface area contributed by atoms with Crippen LogP contribution in [0, 0.1) is 6.92 Å². The lowest BCUT2D eigenvalue weighted by molar-refractivity contribution is -0.116. The van der Waals surface area contributed by atoms with Crippen LogP contribution in [-0.4, -0.2) is 23.9 Å². The molecule has 7 heteroatoms. The largest absolute Gasteiger partial charge is 0.496 e. The molecule has 0 N–H and O–H groups in total. The van der Waals surface area contributed by atoms with E-state index in [1.54, 1.807) is 43.6 Å². The Labute approximate surface area is 152 Å². The van der Waals surface area contributed by atoms with Gasteiger partial charge in [-0.25, -0.2) is 9.88 Å². The van der Waals surface area contributed by atoms with Gasteiger partial charge in [-0.15, -0.1) is 0 Å². The zero-order chi connectivity index (χ0) is 18.1. The minimum Gasteiger partial charge on any atom is -0.496 e. The summed E-state index contributed by atoms with van der Waals surface area (Å²) in [6.45, 7) is 3.17. The Hall–Kier alpha value is -2.67. The second kappa shape index (κ2) is 6.68. The van der Waals surface area contributed by atoms with Crippen molar-refractivity contribution in [1.82, 2.24) is 4.98 Å². The molecule has 0 spiro atoms. The smallest absolute Gasteiger partial charge is 0.302 e. The van der Waals surface area contributed by atoms with Crippen LogP contribution in [0.3, 0.4) is 0 Å². The van der Waals surface area contributed by atoms with Crippen LogP contribution in [0.15, 0.2) is 45.4 Å². The van der Waals surface area contributed by atoms with Gasteiger partial charge in [0, 0.05) is 19.2 Å². The Morgan fingerprint density at radius 2 is 2.04 bits per heavy atom. The third kappa shape index (κ3) is 3.15. The predicted octanol–water partition coefficient (Wildman–Crippen LogP) is 4.10. The molecule has 0 aliphatic rings. The molecule has 6 nitrogen and oxygen atoms in total. The number of fused-ring (bicyclic) bond motifs is 1. The molecule has 0 saturated heterocycles. The number of aryl methyl sites for hydroxylation is 1. The van der Waals surface area contributed by atoms with Crippen LogP contribution in [-0.2, 0) is 4.79 Å². The summed E-state index contributed by atoms with van der Waals surface area (Å²) in [7, 11) is 1.54. The van der Waals surface area contributed by atoms with Gasteiger partial charge in [-0.2, -0.15) is 0 Å². The first kappa shape index (κ1) is 17.2. The maximum absolute atomic E-state index is 12.9. The number of rotatable bonds is 3. The molecule has 0 aliphatic heterocycles. The number of methoxy groups -OCH3 is 1. The van der Waals surface area contributed by atoms with E-state index in [0.717, 1.165) is 10.5 Å². The van der Waals surface area contributed by atoms with Crippen molar-refractivity contribution in [3.8, 4) is 5.75 Å². The van der Waals surface area contributed by atoms with Crippen LogP contribution in [0.2, 0.25) is 0 Å². The summed E-state index contributed by atoms with van der Waals surface area (Å²) in [4.78, 5) is 30.2. The van der Waals surface area contributed by atoms with Crippen molar-refractivity contribution in [3.63, 3.8) is 0 Å². The Morgan fingerprint density at radius 3 is 2.68 bits per heavy atom. The maximum Gasteiger partial charge on any atom is 0.302 e. The topological polar surface area (TPSA) is 72.6 Å². The summed E-state index contributed by atoms with van der Waals surface area (Å²) in [5, 5.41) is 0.660. The van der Waals surface area contributed by atoms with Crippen molar-refractivity contribution >= 4 is 44.5 Å². The van der Waals surface area contributed by atoms with Crippen LogP contribution in [0.5, 0.6) is 5.75 Å². The lowest BCUT2D eigenvalue weighted by Gasteiger charge is -2.18. The molecule has 25 heavy (non-hydrogen) atoms. The molecule has 0 fully saturated rings. The molecule has 1 aromatic carbocycles. The van der Waals surface area contributed by atoms with E-state index in [1.807, 2.05) is 6.92 Å². The first-order valence-electron chi connectivity index (χ1n) is 7.46. The molecule has 128 valence electrons. The molecular formula is C18H15BrN2O4. The van der Waals surface area contributed by atoms with Crippen molar-refractivity contribution in [1.29, 1.82) is 0 Å². The van der Waals surface area contributed by atoms with Crippen LogP contribution in [0.4, 0.5) is 5.82 Å². The van der Waals surface area contributed by atoms with Crippen molar-refractivity contribution in [2.45, 2.75) is 13.8 Å². The molecular weight excluding hydrogens is 388 g/mol. The number of benzene rings is 1. The molecule has 2 aromatic heterocycles. The van der Waals surface area contributed by atoms with Crippen molar-refractivity contribution in [3.05, 3.63) is 52.3 Å². The number of aromatic nitrogens is 1. The summed E-state index contributed by atoms with van der Waals surface area (Å²) in [6.07, 6.45) is 1.59. The molecule has 0 atom stereocenters. The van der Waals surface area contributed by atoms with Crippen LogP contribution >= 0.6 is 15.9 Å². The molecule has 0 bridgehead atoms. The zero-order valence-electron chi connectivity index (χ0n) is 13.9. The van der Waals surface area contributed by atoms with Gasteiger partial charge in [0.15, 0.2) is 11.6 Å². The fourth-order valence-electron chi connectivity index (χ4n) is 2.51. The summed E-state index contributed by atoms with van der Waals surface area (Å²) in [5.74, 6) is -0.221. The summed E-state index contributed by atoms with van der Waals surface area (Å²) in [5.41, 5.74) is 1.40. The highest BCUT2D eigenvalue weighted by molar-refractivity contribution is 9.10. The van der Waals surface area contributed by atoms with Crippen molar-refractivity contribution < 1.29 is 18.7 Å². The average Bonchev–Trinajstić information content (AvgIpc) is 3.00. The molecule has 3 aromatic rings. The van der Waals surface area contributed by atoms with E-state index in [-0.39, 0.29) is 11.6 Å². The van der Waals surface area contributed by atoms with Crippen LogP contribution in [0.25, 0.3) is 11.0 Å². The Morgan fingerprint density at radius 1 is 1.28 bits per heavy atom. The summed E-state index contributed by atoms with van der Waals surface area (Å²) < 4.78 is 11.4. The Kier molecular flexibility index (Phi) is 4.59. The first-order chi connectivity index (χ1) is 11.9. The highest BCUT2D eigenvalue weighted by Crippen LogP contribution is 2.31. The van der Waals surface area contributed by atoms with Gasteiger partial charge < -0.3 is 9.15 Å². The van der Waals surface area contributed by atoms with Crippen molar-refractivity contribution in [2.24, 2.45) is 0 Å². The highest BCUT2D eigenvalue weighted by Gasteiger charge is 2.28. The highest BCUT2D eigenvalue weighted by atomic mass is 79.9. The van der Waals surface area contributed by atoms with Gasteiger partial charge in [0.05, 0.1) is 17.0 Å². The molecule has 0 aliphatic carbocycles. The van der Waals surface area contributed by atoms with Gasteiger partial charge in [-0.05, 0) is 46.6 Å². The second-order valence-corrected chi connectivity index (χ2v) is 6.31. The number of carbonyl (C=O) groups excluding carboxylic acids is 2. The fraction of sp³-hybridized carbons (Fsp3) is 0.167. The quantitative estimate of drug-likeness (QED) is 0.659. The molecule has 0 radical (unpaired) electrons. The van der Waals surface area contributed by atoms with Gasteiger partial charge in [0.1, 0.15) is 11.3 Å². The average molecular weight is 403 g/mol. The third-order valence-corrected chi connectivity index (χ3v) is 4.22. The number of furan rings is 1. The number of ether oxygens (including phenoxy) is 1. The number of imide groups is 1. The number of nitrogens with zero attached hydrogens (tertiary/aromatic N) is 2. The molecule has 2 amide bonds. The number of anilines is 1. The minimum atomic E-state index is -0.595. The lowest BCUT2D eigenvalue weighted by Crippen LogP contribution is -2.36. The molecule has 0 unspecified atom stereocenters. The van der Waals surface area contributed by atoms with E-state index in [0.29, 0.717) is 21.2 Å². The number of amides is 2. The number of hydrogen-bond donors (Lipinski definition) is 0. The predicted molar refractivity (Wildman–Crippen MR) is 96.9 cm³/mol. The SMILES string of the molecule is COc1cccc2oc(C(=O)N(C(C)=O)c3ncc(C)cc3Br)cc12. The van der Waals surface area contributed by atoms with Gasteiger partial charge in [-0.1, -0.05) is 6.07 Å². The van der Waals surface area contributed by atoms with Crippen LogP contribution < -0.4 is 9.64 Å². The zero-order valence-corrected chi connectivity index (χ0v) is 15.5. The summed E-state index contributed by atoms with van der Waals surface area (Å²) in [6, 6.07) is 8.61. The Balaban J connectivity index is 2.09. The number of carbonyl (C=O) groups is 2. The molecule has 0 saturated carbocycles. The second-order valence-electron chi connectivity index (χ2n) is 5.46. The van der Waals surface area contributed by atoms with Crippen molar-refractivity contribution in [2.75, 3.05) is 12.0 Å². The normalized spacial score (nSPS) is 10.7. The van der Waals surface area contributed by atoms with E-state index in [2.05, 4.69) is 20.9 Å². The van der Waals surface area contributed by atoms with Gasteiger partial charge in [0.2, 0.25) is 5.91 Å². The fourth-order valence-corrected chi connectivity index (χ4v) is 3.15. The first-order valence-corrected chi connectivity index (χ1v) is 8.25. The Bertz CT molecular complexity index is 980. The number of halogens is 1. The maximum atomic E-state index is 12.9. The number of pyridine rings is 1. The number of hydrogen-bond acceptors (Lipinski definition) is 5. The third-order valence-electron chi connectivity index (χ3n) is 3.64. The van der Waals surface area contributed by atoms with Crippen LogP contribution in [0.1, 0.15) is 23.0 Å². The van der Waals surface area contributed by atoms with E-state index < -0.39 is 11.8 Å². The minimum absolute atomic E-state index is 0.0315. The van der Waals surface area contributed by atoms with Gasteiger partial charge >= 0.3 is 5.91 Å².